The molecule has 0 N–H and O–H groups in total. The topological polar surface area (TPSA) is 42.0 Å². The van der Waals surface area contributed by atoms with Gasteiger partial charge in [-0.15, -0.1) is 0 Å². The van der Waals surface area contributed by atoms with Gasteiger partial charge in [-0.25, -0.2) is 9.45 Å². The van der Waals surface area contributed by atoms with Gasteiger partial charge in [-0.2, -0.15) is 0 Å². The fraction of sp³-hybridized carbons (Fsp3) is 0.364. The van der Waals surface area contributed by atoms with Gasteiger partial charge in [0.25, 0.3) is 5.91 Å². The van der Waals surface area contributed by atoms with Crippen molar-refractivity contribution in [2.75, 3.05) is 40.5 Å². The summed E-state index contributed by atoms with van der Waals surface area (Å²) in [5.74, 6) is 0.0921. The van der Waals surface area contributed by atoms with Crippen LogP contribution < -0.4 is 4.74 Å². The van der Waals surface area contributed by atoms with E-state index in [1.807, 2.05) is 42.5 Å². The number of ether oxygens (including phenoxy) is 1. The molecule has 0 unspecified atom stereocenters. The number of halogens is 3. The Morgan fingerprint density at radius 2 is 1.90 bits per heavy atom. The second kappa shape index (κ2) is 13.1. The van der Waals surface area contributed by atoms with Crippen LogP contribution in [-0.2, 0) is 11.3 Å². The zero-order valence-electron chi connectivity index (χ0n) is 23.5. The molecular formula is C33H35ClF2N2O3. The van der Waals surface area contributed by atoms with Gasteiger partial charge in [-0.05, 0) is 95.8 Å². The van der Waals surface area contributed by atoms with E-state index in [0.717, 1.165) is 72.5 Å². The highest BCUT2D eigenvalue weighted by Gasteiger charge is 2.26. The first kappa shape index (κ1) is 29.2. The van der Waals surface area contributed by atoms with Crippen molar-refractivity contribution in [3.05, 3.63) is 99.3 Å². The molecule has 0 saturated carbocycles. The molecule has 0 bridgehead atoms. The van der Waals surface area contributed by atoms with E-state index in [1.54, 1.807) is 19.2 Å². The predicted octanol–water partition coefficient (Wildman–Crippen LogP) is 7.22. The lowest BCUT2D eigenvalue weighted by Gasteiger charge is -2.20. The molecule has 1 aliphatic carbocycles. The molecule has 41 heavy (non-hydrogen) atoms. The Morgan fingerprint density at radius 3 is 2.66 bits per heavy atom. The smallest absolute Gasteiger partial charge is 0.277 e. The Hall–Kier alpha value is -3.26. The number of allylic oxidation sites excluding steroid dienone is 1. The van der Waals surface area contributed by atoms with E-state index in [4.69, 9.17) is 21.2 Å². The quantitative estimate of drug-likeness (QED) is 0.251. The van der Waals surface area contributed by atoms with E-state index < -0.39 is 5.82 Å². The standard InChI is InChI=1S/C33H35ClF2N2O3/c1-37(40-2)33(39)24-12-15-27-23(20-24)6-3-7-28(29-8-4-9-30(36)32(29)34)31(27)22-10-13-25(14-11-22)41-26-16-19-38(21-26)18-5-17-35/h4,8-15,20,26H,3,5-7,16-19,21H2,1-2H3/t26-/m0/s1. The third-order valence-electron chi connectivity index (χ3n) is 7.92. The van der Waals surface area contributed by atoms with Crippen molar-refractivity contribution in [1.82, 2.24) is 9.96 Å². The molecule has 3 aromatic rings. The minimum Gasteiger partial charge on any atom is -0.489 e. The number of rotatable bonds is 9. The normalized spacial score (nSPS) is 17.3. The lowest BCUT2D eigenvalue weighted by atomic mass is 9.87. The first-order valence-corrected chi connectivity index (χ1v) is 14.5. The van der Waals surface area contributed by atoms with E-state index >= 15 is 0 Å². The Morgan fingerprint density at radius 1 is 1.10 bits per heavy atom. The first-order chi connectivity index (χ1) is 19.9. The summed E-state index contributed by atoms with van der Waals surface area (Å²) in [7, 11) is 3.04. The Kier molecular flexibility index (Phi) is 9.38. The van der Waals surface area contributed by atoms with Crippen LogP contribution in [0.25, 0.3) is 11.1 Å². The van der Waals surface area contributed by atoms with E-state index in [0.29, 0.717) is 24.0 Å². The van der Waals surface area contributed by atoms with Gasteiger partial charge < -0.3 is 4.74 Å². The van der Waals surface area contributed by atoms with Gasteiger partial charge >= 0.3 is 0 Å². The summed E-state index contributed by atoms with van der Waals surface area (Å²) in [5, 5.41) is 1.31. The van der Waals surface area contributed by atoms with Crippen molar-refractivity contribution in [3.8, 4) is 5.75 Å². The van der Waals surface area contributed by atoms with Crippen molar-refractivity contribution in [2.45, 2.75) is 38.2 Å². The van der Waals surface area contributed by atoms with Gasteiger partial charge in [0.2, 0.25) is 0 Å². The number of likely N-dealkylation sites (tertiary alicyclic amines) is 1. The van der Waals surface area contributed by atoms with Crippen molar-refractivity contribution >= 4 is 28.7 Å². The maximum absolute atomic E-state index is 14.6. The molecule has 1 aliphatic heterocycles. The van der Waals surface area contributed by atoms with E-state index in [1.165, 1.54) is 18.2 Å². The zero-order valence-corrected chi connectivity index (χ0v) is 24.2. The molecule has 5 rings (SSSR count). The number of hydrogen-bond acceptors (Lipinski definition) is 4. The number of benzene rings is 3. The van der Waals surface area contributed by atoms with Gasteiger partial charge in [-0.1, -0.05) is 41.9 Å². The van der Waals surface area contributed by atoms with Crippen LogP contribution in [0.4, 0.5) is 8.78 Å². The van der Waals surface area contributed by atoms with Crippen LogP contribution in [0.3, 0.4) is 0 Å². The SMILES string of the molecule is CON(C)C(=O)c1ccc2c(c1)CCCC(c1cccc(F)c1Cl)=C2c1ccc(O[C@H]2CCN(CCCF)C2)cc1. The fourth-order valence-electron chi connectivity index (χ4n) is 5.79. The van der Waals surface area contributed by atoms with Gasteiger partial charge in [0.05, 0.1) is 18.8 Å². The predicted molar refractivity (Wildman–Crippen MR) is 158 cm³/mol. The van der Waals surface area contributed by atoms with Gasteiger partial charge in [0, 0.05) is 32.2 Å². The van der Waals surface area contributed by atoms with Crippen LogP contribution in [0.5, 0.6) is 5.75 Å². The van der Waals surface area contributed by atoms with E-state index in [2.05, 4.69) is 4.90 Å². The molecule has 0 spiro atoms. The molecule has 1 amide bonds. The second-order valence-electron chi connectivity index (χ2n) is 10.6. The molecule has 216 valence electrons. The lowest BCUT2D eigenvalue weighted by molar-refractivity contribution is -0.0757. The number of alkyl halides is 1. The highest BCUT2D eigenvalue weighted by molar-refractivity contribution is 6.33. The summed E-state index contributed by atoms with van der Waals surface area (Å²) in [4.78, 5) is 20.2. The molecule has 8 heteroatoms. The second-order valence-corrected chi connectivity index (χ2v) is 10.9. The molecule has 0 radical (unpaired) electrons. The van der Waals surface area contributed by atoms with Crippen molar-refractivity contribution < 1.29 is 23.1 Å². The number of fused-ring (bicyclic) bond motifs is 1. The number of nitrogens with zero attached hydrogens (tertiary/aromatic N) is 2. The maximum atomic E-state index is 14.6. The molecule has 1 atom stereocenters. The summed E-state index contributed by atoms with van der Waals surface area (Å²) in [6.07, 6.45) is 3.81. The van der Waals surface area contributed by atoms with Crippen LogP contribution in [0, 0.1) is 5.82 Å². The number of hydroxylamine groups is 2. The third kappa shape index (κ3) is 6.48. The third-order valence-corrected chi connectivity index (χ3v) is 8.30. The molecule has 2 aliphatic rings. The van der Waals surface area contributed by atoms with Crippen LogP contribution in [0.15, 0.2) is 60.7 Å². The van der Waals surface area contributed by atoms with E-state index in [-0.39, 0.29) is 23.7 Å². The zero-order chi connectivity index (χ0) is 28.9. The Balaban J connectivity index is 1.52. The Bertz CT molecular complexity index is 1430. The molecule has 5 nitrogen and oxygen atoms in total. The molecule has 3 aromatic carbocycles. The van der Waals surface area contributed by atoms with Crippen LogP contribution in [-0.4, -0.2) is 62.4 Å². The Labute approximate surface area is 245 Å². The molecule has 0 aromatic heterocycles. The van der Waals surface area contributed by atoms with Gasteiger partial charge in [-0.3, -0.25) is 18.9 Å². The maximum Gasteiger partial charge on any atom is 0.277 e. The fourth-order valence-corrected chi connectivity index (χ4v) is 6.03. The van der Waals surface area contributed by atoms with Gasteiger partial charge in [0.15, 0.2) is 0 Å². The van der Waals surface area contributed by atoms with Crippen LogP contribution in [0.2, 0.25) is 5.02 Å². The summed E-state index contributed by atoms with van der Waals surface area (Å²) >= 11 is 6.52. The van der Waals surface area contributed by atoms with Crippen LogP contribution in [0.1, 0.15) is 58.3 Å². The summed E-state index contributed by atoms with van der Waals surface area (Å²) in [6, 6.07) is 18.6. The lowest BCUT2D eigenvalue weighted by Crippen LogP contribution is -2.26. The molecule has 1 heterocycles. The summed E-state index contributed by atoms with van der Waals surface area (Å²) in [6.45, 7) is 2.16. The number of carbonyl (C=O) groups excluding carboxylic acids is 1. The molecular weight excluding hydrogens is 546 g/mol. The highest BCUT2D eigenvalue weighted by atomic mass is 35.5. The van der Waals surface area contributed by atoms with Crippen molar-refractivity contribution in [1.29, 1.82) is 0 Å². The molecule has 1 fully saturated rings. The average molecular weight is 581 g/mol. The van der Waals surface area contributed by atoms with Gasteiger partial charge in [0.1, 0.15) is 17.7 Å². The van der Waals surface area contributed by atoms with E-state index in [9.17, 15) is 13.6 Å². The highest BCUT2D eigenvalue weighted by Crippen LogP contribution is 2.42. The average Bonchev–Trinajstić information content (AvgIpc) is 3.35. The number of carbonyl (C=O) groups is 1. The largest absolute Gasteiger partial charge is 0.489 e. The number of amides is 1. The number of aryl methyl sites for hydroxylation is 1. The summed E-state index contributed by atoms with van der Waals surface area (Å²) < 4.78 is 33.4. The summed E-state index contributed by atoms with van der Waals surface area (Å²) in [5.41, 5.74) is 6.14. The molecule has 1 saturated heterocycles. The van der Waals surface area contributed by atoms with Crippen LogP contribution >= 0.6 is 11.6 Å². The monoisotopic (exact) mass is 580 g/mol. The minimum atomic E-state index is -0.454. The first-order valence-electron chi connectivity index (χ1n) is 14.1. The minimum absolute atomic E-state index is 0.0705. The number of hydrogen-bond donors (Lipinski definition) is 0. The van der Waals surface area contributed by atoms with Crippen molar-refractivity contribution in [3.63, 3.8) is 0 Å². The van der Waals surface area contributed by atoms with Crippen molar-refractivity contribution in [2.24, 2.45) is 0 Å².